The molecule has 0 spiro atoms. The van der Waals surface area contributed by atoms with Gasteiger partial charge in [-0.25, -0.2) is 0 Å². The molecule has 0 aromatic rings. The molecule has 0 saturated carbocycles. The second kappa shape index (κ2) is 10.3. The minimum atomic E-state index is -0.754. The summed E-state index contributed by atoms with van der Waals surface area (Å²) < 4.78 is 0. The number of carboxylic acid groups (broad SMARTS) is 1. The Kier molecular flexibility index (Phi) is 13.5. The first-order chi connectivity index (χ1) is 5.16. The molecule has 0 aliphatic carbocycles. The zero-order valence-corrected chi connectivity index (χ0v) is 12.8. The maximum Gasteiger partial charge on any atom is 0.303 e. The van der Waals surface area contributed by atoms with Crippen molar-refractivity contribution in [2.45, 2.75) is 45.1 Å². The van der Waals surface area contributed by atoms with Crippen molar-refractivity contribution in [3.8, 4) is 0 Å². The SMILES string of the molecule is CCC(O)CCCCC(=O)O.[Rb]. The molecule has 1 atom stereocenters. The predicted molar refractivity (Wildman–Crippen MR) is 48.2 cm³/mol. The fraction of sp³-hybridized carbons (Fsp3) is 0.875. The van der Waals surface area contributed by atoms with E-state index >= 15 is 0 Å². The minimum Gasteiger partial charge on any atom is -0.481 e. The van der Waals surface area contributed by atoms with E-state index in [0.717, 1.165) is 19.3 Å². The van der Waals surface area contributed by atoms with Crippen LogP contribution in [0.5, 0.6) is 0 Å². The first kappa shape index (κ1) is 15.7. The summed E-state index contributed by atoms with van der Waals surface area (Å²) in [6.07, 6.45) is 2.94. The van der Waals surface area contributed by atoms with E-state index in [9.17, 15) is 4.79 Å². The standard InChI is InChI=1S/C8H16O3.Rb/c1-2-7(9)5-3-4-6-8(10)11;/h7,9H,2-6H2,1H3,(H,10,11);. The molecule has 3 nitrogen and oxygen atoms in total. The third kappa shape index (κ3) is 11.2. The van der Waals surface area contributed by atoms with Gasteiger partial charge in [-0.1, -0.05) is 13.3 Å². The molecule has 67 valence electrons. The monoisotopic (exact) mass is 245 g/mol. The number of aliphatic hydroxyl groups excluding tert-OH is 1. The fourth-order valence-corrected chi connectivity index (χ4v) is 0.860. The van der Waals surface area contributed by atoms with Crippen LogP contribution >= 0.6 is 0 Å². The Hall–Kier alpha value is 1.24. The van der Waals surface area contributed by atoms with E-state index in [2.05, 4.69) is 0 Å². The number of aliphatic hydroxyl groups is 1. The van der Waals surface area contributed by atoms with Crippen molar-refractivity contribution >= 4 is 64.2 Å². The molecule has 0 aliphatic heterocycles. The Bertz CT molecular complexity index is 117. The van der Waals surface area contributed by atoms with Gasteiger partial charge < -0.3 is 10.2 Å². The van der Waals surface area contributed by atoms with Gasteiger partial charge in [0.1, 0.15) is 0 Å². The smallest absolute Gasteiger partial charge is 0.303 e. The van der Waals surface area contributed by atoms with Crippen LogP contribution in [0.4, 0.5) is 0 Å². The Balaban J connectivity index is 0. The molecule has 0 fully saturated rings. The van der Waals surface area contributed by atoms with E-state index in [1.807, 2.05) is 6.92 Å². The number of unbranched alkanes of at least 4 members (excludes halogenated alkanes) is 1. The topological polar surface area (TPSA) is 57.5 Å². The van der Waals surface area contributed by atoms with Crippen molar-refractivity contribution in [1.29, 1.82) is 0 Å². The summed E-state index contributed by atoms with van der Waals surface area (Å²) in [7, 11) is 0. The summed E-state index contributed by atoms with van der Waals surface area (Å²) in [5.74, 6) is -0.754. The van der Waals surface area contributed by atoms with Crippen LogP contribution in [-0.4, -0.2) is 80.5 Å². The quantitative estimate of drug-likeness (QED) is 0.687. The molecule has 1 radical (unpaired) electrons. The number of rotatable bonds is 6. The van der Waals surface area contributed by atoms with Gasteiger partial charge in [-0.05, 0) is 19.3 Å². The molecule has 12 heavy (non-hydrogen) atoms. The van der Waals surface area contributed by atoms with Crippen molar-refractivity contribution < 1.29 is 15.0 Å². The van der Waals surface area contributed by atoms with Gasteiger partial charge >= 0.3 is 5.97 Å². The molecule has 0 heterocycles. The van der Waals surface area contributed by atoms with Gasteiger partial charge in [0.05, 0.1) is 6.10 Å². The molecule has 0 bridgehead atoms. The molecule has 0 aromatic heterocycles. The molecule has 0 aliphatic rings. The average Bonchev–Trinajstić information content (AvgIpc) is 1.97. The third-order valence-electron chi connectivity index (χ3n) is 1.65. The summed E-state index contributed by atoms with van der Waals surface area (Å²) in [6, 6.07) is 0. The largest absolute Gasteiger partial charge is 0.481 e. The van der Waals surface area contributed by atoms with Crippen LogP contribution in [0.2, 0.25) is 0 Å². The Morgan fingerprint density at radius 1 is 1.42 bits per heavy atom. The number of hydrogen-bond acceptors (Lipinski definition) is 2. The summed E-state index contributed by atoms with van der Waals surface area (Å²) in [4.78, 5) is 10.1. The molecular weight excluding hydrogens is 230 g/mol. The van der Waals surface area contributed by atoms with Crippen molar-refractivity contribution in [1.82, 2.24) is 0 Å². The number of hydrogen-bond donors (Lipinski definition) is 2. The van der Waals surface area contributed by atoms with Gasteiger partial charge in [-0.15, -0.1) is 0 Å². The van der Waals surface area contributed by atoms with Crippen molar-refractivity contribution in [2.24, 2.45) is 0 Å². The summed E-state index contributed by atoms with van der Waals surface area (Å²) in [5.41, 5.74) is 0. The van der Waals surface area contributed by atoms with Gasteiger partial charge in [0.25, 0.3) is 0 Å². The third-order valence-corrected chi connectivity index (χ3v) is 1.65. The molecule has 1 unspecified atom stereocenters. The Morgan fingerprint density at radius 3 is 2.42 bits per heavy atom. The van der Waals surface area contributed by atoms with E-state index in [-0.39, 0.29) is 70.7 Å². The second-order valence-corrected chi connectivity index (χ2v) is 2.70. The van der Waals surface area contributed by atoms with Crippen LogP contribution in [-0.2, 0) is 4.79 Å². The zero-order chi connectivity index (χ0) is 8.69. The number of carboxylic acids is 1. The molecule has 4 heteroatoms. The Morgan fingerprint density at radius 2 is 2.00 bits per heavy atom. The van der Waals surface area contributed by atoms with Gasteiger partial charge in [-0.2, -0.15) is 0 Å². The van der Waals surface area contributed by atoms with Gasteiger partial charge in [0, 0.05) is 64.6 Å². The van der Waals surface area contributed by atoms with Crippen LogP contribution in [0.25, 0.3) is 0 Å². The van der Waals surface area contributed by atoms with Crippen molar-refractivity contribution in [3.05, 3.63) is 0 Å². The average molecular weight is 246 g/mol. The first-order valence-corrected chi connectivity index (χ1v) is 4.06. The van der Waals surface area contributed by atoms with Crippen LogP contribution in [0, 0.1) is 0 Å². The molecule has 0 aromatic carbocycles. The van der Waals surface area contributed by atoms with Gasteiger partial charge in [-0.3, -0.25) is 4.79 Å². The van der Waals surface area contributed by atoms with Crippen molar-refractivity contribution in [2.75, 3.05) is 0 Å². The molecular formula is C8H16O3Rb. The van der Waals surface area contributed by atoms with Crippen LogP contribution in [0.15, 0.2) is 0 Å². The van der Waals surface area contributed by atoms with Gasteiger partial charge in [0.15, 0.2) is 0 Å². The minimum absolute atomic E-state index is 0. The molecule has 0 amide bonds. The normalized spacial score (nSPS) is 11.8. The van der Waals surface area contributed by atoms with E-state index in [1.54, 1.807) is 0 Å². The molecule has 0 saturated heterocycles. The predicted octanol–water partition coefficient (Wildman–Crippen LogP) is 1.02. The van der Waals surface area contributed by atoms with Crippen LogP contribution in [0.3, 0.4) is 0 Å². The van der Waals surface area contributed by atoms with Crippen LogP contribution in [0.1, 0.15) is 39.0 Å². The van der Waals surface area contributed by atoms with Gasteiger partial charge in [0.2, 0.25) is 0 Å². The van der Waals surface area contributed by atoms with E-state index in [4.69, 9.17) is 10.2 Å². The van der Waals surface area contributed by atoms with E-state index < -0.39 is 5.97 Å². The summed E-state index contributed by atoms with van der Waals surface area (Å²) >= 11 is 0. The molecule has 2 N–H and O–H groups in total. The maximum absolute atomic E-state index is 10.1. The van der Waals surface area contributed by atoms with E-state index in [0.29, 0.717) is 6.42 Å². The zero-order valence-electron chi connectivity index (χ0n) is 7.92. The Labute approximate surface area is 122 Å². The van der Waals surface area contributed by atoms with Crippen molar-refractivity contribution in [3.63, 3.8) is 0 Å². The maximum atomic E-state index is 10.1. The molecule has 0 rings (SSSR count). The fourth-order valence-electron chi connectivity index (χ4n) is 0.860. The summed E-state index contributed by atoms with van der Waals surface area (Å²) in [5, 5.41) is 17.3. The number of carbonyl (C=O) groups is 1. The van der Waals surface area contributed by atoms with E-state index in [1.165, 1.54) is 0 Å². The second-order valence-electron chi connectivity index (χ2n) is 2.70. The number of aliphatic carboxylic acids is 1. The summed E-state index contributed by atoms with van der Waals surface area (Å²) in [6.45, 7) is 1.92. The van der Waals surface area contributed by atoms with Crippen LogP contribution < -0.4 is 0 Å². The first-order valence-electron chi connectivity index (χ1n) is 4.06.